The van der Waals surface area contributed by atoms with Crippen molar-refractivity contribution in [2.75, 3.05) is 0 Å². The van der Waals surface area contributed by atoms with Gasteiger partial charge in [-0.3, -0.25) is 4.79 Å². The van der Waals surface area contributed by atoms with Crippen LogP contribution in [-0.2, 0) is 9.53 Å². The van der Waals surface area contributed by atoms with Crippen molar-refractivity contribution in [1.29, 1.82) is 0 Å². The number of carbonyl (C=O) groups excluding carboxylic acids is 1. The highest BCUT2D eigenvalue weighted by Gasteiger charge is 2.60. The largest absolute Gasteiger partial charge is 0.430 e. The Kier molecular flexibility index (Phi) is 15.9. The van der Waals surface area contributed by atoms with E-state index in [1.54, 1.807) is 0 Å². The Morgan fingerprint density at radius 3 is 2.23 bits per heavy atom. The van der Waals surface area contributed by atoms with Crippen molar-refractivity contribution in [2.45, 2.75) is 195 Å². The van der Waals surface area contributed by atoms with E-state index in [1.807, 2.05) is 6.08 Å². The van der Waals surface area contributed by atoms with Crippen LogP contribution in [0.4, 0.5) is 0 Å². The van der Waals surface area contributed by atoms with Gasteiger partial charge in [0, 0.05) is 11.8 Å². The smallest absolute Gasteiger partial charge is 0.310 e. The Bertz CT molecular complexity index is 1070. The molecule has 0 amide bonds. The number of fused-ring (bicyclic) bond motifs is 5. The fourth-order valence-electron chi connectivity index (χ4n) is 11.0. The summed E-state index contributed by atoms with van der Waals surface area (Å²) in [5, 5.41) is 10.8. The highest BCUT2D eigenvalue weighted by molar-refractivity contribution is 5.71. The van der Waals surface area contributed by atoms with E-state index in [2.05, 4.69) is 59.8 Å². The fraction of sp³-hybridized carbons (Fsp3) is 0.844. The van der Waals surface area contributed by atoms with Gasteiger partial charge in [0.05, 0.1) is 6.10 Å². The first-order chi connectivity index (χ1) is 23.1. The van der Waals surface area contributed by atoms with E-state index in [9.17, 15) is 9.90 Å². The first-order valence-electron chi connectivity index (χ1n) is 21.1. The molecule has 48 heavy (non-hydrogen) atoms. The molecule has 0 aromatic rings. The number of esters is 1. The van der Waals surface area contributed by atoms with Crippen molar-refractivity contribution >= 4 is 5.97 Å². The monoisotopic (exact) mass is 665 g/mol. The molecule has 0 heterocycles. The van der Waals surface area contributed by atoms with Gasteiger partial charge in [-0.25, -0.2) is 0 Å². The number of unbranched alkanes of at least 4 members (excludes halogenated alkanes) is 11. The van der Waals surface area contributed by atoms with E-state index in [1.165, 1.54) is 121 Å². The van der Waals surface area contributed by atoms with Crippen LogP contribution in [0.2, 0.25) is 0 Å². The number of hydrogen-bond acceptors (Lipinski definition) is 3. The van der Waals surface area contributed by atoms with Gasteiger partial charge in [0.15, 0.2) is 0 Å². The second-order valence-electron chi connectivity index (χ2n) is 17.7. The summed E-state index contributed by atoms with van der Waals surface area (Å²) in [7, 11) is 0. The van der Waals surface area contributed by atoms with E-state index in [-0.39, 0.29) is 11.4 Å². The molecule has 0 saturated heterocycles. The zero-order valence-corrected chi connectivity index (χ0v) is 32.4. The van der Waals surface area contributed by atoms with E-state index in [0.717, 1.165) is 48.7 Å². The van der Waals surface area contributed by atoms with Crippen LogP contribution >= 0.6 is 0 Å². The Morgan fingerprint density at radius 2 is 1.54 bits per heavy atom. The minimum atomic E-state index is -0.556. The molecule has 8 atom stereocenters. The van der Waals surface area contributed by atoms with Crippen molar-refractivity contribution in [2.24, 2.45) is 46.3 Å². The summed E-state index contributed by atoms with van der Waals surface area (Å²) >= 11 is 0. The van der Waals surface area contributed by atoms with Crippen LogP contribution in [0.25, 0.3) is 0 Å². The standard InChI is InChI=1S/C45H76O3/c1-7-8-9-10-11-12-13-14-15-16-17-18-19-20-21-25-43(47)48-42-33-37(46)32-36-26-27-38-40-29-28-39(35(4)24-22-23-34(2)3)44(40,5)31-30-41(38)45(36,42)6/h14-15,26,33-35,37-41,46H,7-13,16-25,27-32H2,1-6H3/b15-14-/t35-,37+,38+,39-,40+,41+,44-,45+/m1/s1. The molecule has 274 valence electrons. The molecule has 2 saturated carbocycles. The summed E-state index contributed by atoms with van der Waals surface area (Å²) < 4.78 is 6.27. The summed E-state index contributed by atoms with van der Waals surface area (Å²) in [6, 6.07) is 0. The predicted molar refractivity (Wildman–Crippen MR) is 203 cm³/mol. The number of aliphatic hydroxyl groups is 1. The molecule has 0 aromatic heterocycles. The molecule has 0 unspecified atom stereocenters. The molecule has 2 fully saturated rings. The lowest BCUT2D eigenvalue weighted by molar-refractivity contribution is -0.143. The second-order valence-corrected chi connectivity index (χ2v) is 17.7. The zero-order valence-electron chi connectivity index (χ0n) is 32.4. The van der Waals surface area contributed by atoms with Gasteiger partial charge < -0.3 is 9.84 Å². The zero-order chi connectivity index (χ0) is 34.6. The minimum Gasteiger partial charge on any atom is -0.430 e. The summed E-state index contributed by atoms with van der Waals surface area (Å²) in [6.07, 6.45) is 36.5. The third-order valence-corrected chi connectivity index (χ3v) is 13.8. The number of carbonyl (C=O) groups is 1. The van der Waals surface area contributed by atoms with Gasteiger partial charge in [-0.1, -0.05) is 129 Å². The molecular formula is C45H76O3. The van der Waals surface area contributed by atoms with Crippen LogP contribution in [-0.4, -0.2) is 17.2 Å². The van der Waals surface area contributed by atoms with E-state index >= 15 is 0 Å². The Balaban J connectivity index is 1.22. The lowest BCUT2D eigenvalue weighted by Crippen LogP contribution is -2.51. The summed E-state index contributed by atoms with van der Waals surface area (Å²) in [5.74, 6) is 5.00. The average Bonchev–Trinajstić information content (AvgIpc) is 3.40. The minimum absolute atomic E-state index is 0.104. The quantitative estimate of drug-likeness (QED) is 0.0754. The number of hydrogen-bond donors (Lipinski definition) is 1. The van der Waals surface area contributed by atoms with E-state index in [4.69, 9.17) is 4.74 Å². The number of ether oxygens (including phenoxy) is 1. The van der Waals surface area contributed by atoms with E-state index < -0.39 is 6.10 Å². The van der Waals surface area contributed by atoms with Crippen LogP contribution in [0.1, 0.15) is 189 Å². The van der Waals surface area contributed by atoms with Crippen LogP contribution < -0.4 is 0 Å². The summed E-state index contributed by atoms with van der Waals surface area (Å²) in [4.78, 5) is 13.2. The van der Waals surface area contributed by atoms with E-state index in [0.29, 0.717) is 30.1 Å². The van der Waals surface area contributed by atoms with Crippen molar-refractivity contribution in [3.63, 3.8) is 0 Å². The van der Waals surface area contributed by atoms with Gasteiger partial charge in [-0.2, -0.15) is 0 Å². The van der Waals surface area contributed by atoms with Gasteiger partial charge in [0.25, 0.3) is 0 Å². The normalized spacial score (nSPS) is 32.0. The maximum Gasteiger partial charge on any atom is 0.310 e. The summed E-state index contributed by atoms with van der Waals surface area (Å²) in [6.45, 7) is 14.5. The molecule has 3 heteroatoms. The van der Waals surface area contributed by atoms with Crippen molar-refractivity contribution < 1.29 is 14.6 Å². The number of aliphatic hydroxyl groups excluding tert-OH is 1. The molecule has 3 nitrogen and oxygen atoms in total. The van der Waals surface area contributed by atoms with Gasteiger partial charge >= 0.3 is 5.97 Å². The maximum absolute atomic E-state index is 13.2. The van der Waals surface area contributed by atoms with Crippen LogP contribution in [0, 0.1) is 46.3 Å². The molecule has 4 aliphatic carbocycles. The predicted octanol–water partition coefficient (Wildman–Crippen LogP) is 13.1. The van der Waals surface area contributed by atoms with Gasteiger partial charge in [0.1, 0.15) is 5.76 Å². The summed E-state index contributed by atoms with van der Waals surface area (Å²) in [5.41, 5.74) is 1.49. The molecule has 4 aliphatic rings. The average molecular weight is 665 g/mol. The topological polar surface area (TPSA) is 46.5 Å². The molecule has 4 rings (SSSR count). The van der Waals surface area contributed by atoms with Crippen LogP contribution in [0.5, 0.6) is 0 Å². The first-order valence-corrected chi connectivity index (χ1v) is 21.1. The van der Waals surface area contributed by atoms with Crippen molar-refractivity contribution in [1.82, 2.24) is 0 Å². The third kappa shape index (κ3) is 10.1. The van der Waals surface area contributed by atoms with Gasteiger partial charge in [0.2, 0.25) is 0 Å². The van der Waals surface area contributed by atoms with Gasteiger partial charge in [-0.15, -0.1) is 0 Å². The van der Waals surface area contributed by atoms with Crippen LogP contribution in [0.15, 0.2) is 35.6 Å². The number of allylic oxidation sites excluding steroid dienone is 4. The highest BCUT2D eigenvalue weighted by atomic mass is 16.5. The molecular weight excluding hydrogens is 588 g/mol. The molecule has 0 aromatic carbocycles. The Morgan fingerprint density at radius 1 is 0.875 bits per heavy atom. The SMILES string of the molecule is CCCCCCCC/C=C\CCCCCCCC(=O)OC1=C[C@@H](O)CC2=CC[C@@H]3[C@H](CC[C@]4(C)[C@@H]([C@H](C)CCCC(C)C)CC[C@@H]34)[C@]21C. The second kappa shape index (κ2) is 19.3. The lowest BCUT2D eigenvalue weighted by atomic mass is 9.47. The molecule has 0 radical (unpaired) electrons. The first kappa shape index (κ1) is 39.4. The van der Waals surface area contributed by atoms with Crippen molar-refractivity contribution in [3.05, 3.63) is 35.6 Å². The van der Waals surface area contributed by atoms with Gasteiger partial charge in [-0.05, 0) is 125 Å². The van der Waals surface area contributed by atoms with Crippen LogP contribution in [0.3, 0.4) is 0 Å². The fourth-order valence-corrected chi connectivity index (χ4v) is 11.0. The Labute approximate surface area is 297 Å². The molecule has 0 aliphatic heterocycles. The Hall–Kier alpha value is -1.35. The highest BCUT2D eigenvalue weighted by Crippen LogP contribution is 2.67. The maximum atomic E-state index is 13.2. The molecule has 0 spiro atoms. The molecule has 1 N–H and O–H groups in total. The third-order valence-electron chi connectivity index (χ3n) is 13.8. The number of rotatable bonds is 21. The lowest BCUT2D eigenvalue weighted by Gasteiger charge is -2.58. The molecule has 0 bridgehead atoms. The van der Waals surface area contributed by atoms with Crippen molar-refractivity contribution in [3.8, 4) is 0 Å².